The van der Waals surface area contributed by atoms with E-state index in [9.17, 15) is 69.5 Å². The van der Waals surface area contributed by atoms with Crippen molar-refractivity contribution in [1.29, 1.82) is 0 Å². The molecule has 1 heterocycles. The number of hydrogen-bond acceptors (Lipinski definition) is 11. The Hall–Kier alpha value is -3.76. The molecule has 57 heavy (non-hydrogen) atoms. The van der Waals surface area contributed by atoms with Crippen LogP contribution in [0.3, 0.4) is 0 Å². The highest BCUT2D eigenvalue weighted by Gasteiger charge is 2.47. The lowest BCUT2D eigenvalue weighted by Crippen LogP contribution is -2.33. The van der Waals surface area contributed by atoms with Crippen molar-refractivity contribution >= 4 is 31.6 Å². The van der Waals surface area contributed by atoms with Crippen LogP contribution in [0.25, 0.3) is 0 Å². The highest BCUT2D eigenvalue weighted by atomic mass is 32.2. The van der Waals surface area contributed by atoms with Crippen LogP contribution >= 0.6 is 0 Å². The molecule has 0 saturated carbocycles. The van der Waals surface area contributed by atoms with Gasteiger partial charge in [-0.3, -0.25) is 9.80 Å². The first kappa shape index (κ1) is 51.3. The molecule has 2 aromatic carbocycles. The van der Waals surface area contributed by atoms with Crippen LogP contribution in [0.1, 0.15) is 11.1 Å². The van der Waals surface area contributed by atoms with Crippen LogP contribution in [0.2, 0.25) is 0 Å². The number of alkyl halides is 12. The maximum absolute atomic E-state index is 12.8. The summed E-state index contributed by atoms with van der Waals surface area (Å²) >= 11 is 0. The summed E-state index contributed by atoms with van der Waals surface area (Å²) in [4.78, 5) is 20.0. The Balaban J connectivity index is 0.000000984. The predicted octanol–water partition coefficient (Wildman–Crippen LogP) is 4.91. The molecule has 1 aliphatic rings. The van der Waals surface area contributed by atoms with Gasteiger partial charge < -0.3 is 24.4 Å². The van der Waals surface area contributed by atoms with Gasteiger partial charge in [-0.2, -0.15) is 52.7 Å². The van der Waals surface area contributed by atoms with Gasteiger partial charge in [0.15, 0.2) is 0 Å². The molecule has 0 aromatic heterocycles. The van der Waals surface area contributed by atoms with Gasteiger partial charge in [-0.1, -0.05) is 24.3 Å². The first-order valence-corrected chi connectivity index (χ1v) is 18.6. The molecule has 0 atom stereocenters. The van der Waals surface area contributed by atoms with Crippen LogP contribution in [0.15, 0.2) is 58.3 Å². The van der Waals surface area contributed by atoms with E-state index in [2.05, 4.69) is 0 Å². The minimum Gasteiger partial charge on any atom is -0.475 e. The van der Waals surface area contributed by atoms with E-state index in [0.29, 0.717) is 90.0 Å². The summed E-state index contributed by atoms with van der Waals surface area (Å²) in [5, 5.41) is 14.2. The summed E-state index contributed by atoms with van der Waals surface area (Å²) in [6.07, 6.45) is -10.2. The highest BCUT2D eigenvalue weighted by Crippen LogP contribution is 2.31. The van der Waals surface area contributed by atoms with Crippen molar-refractivity contribution in [2.24, 2.45) is 0 Å². The van der Waals surface area contributed by atoms with Crippen molar-refractivity contribution in [1.82, 2.24) is 9.80 Å². The minimum absolute atomic E-state index is 0.300. The molecular weight excluding hydrogens is 856 g/mol. The van der Waals surface area contributed by atoms with Gasteiger partial charge in [-0.05, 0) is 35.4 Å². The quantitative estimate of drug-likeness (QED) is 0.375. The number of ether oxygens (including phenoxy) is 3. The third kappa shape index (κ3) is 18.1. The van der Waals surface area contributed by atoms with E-state index >= 15 is 0 Å². The van der Waals surface area contributed by atoms with Crippen molar-refractivity contribution in [3.05, 3.63) is 59.7 Å². The van der Waals surface area contributed by atoms with E-state index in [4.69, 9.17) is 34.0 Å². The van der Waals surface area contributed by atoms with Gasteiger partial charge in [0.25, 0.3) is 19.7 Å². The van der Waals surface area contributed by atoms with E-state index in [1.165, 1.54) is 24.3 Å². The van der Waals surface area contributed by atoms with Crippen LogP contribution in [-0.2, 0) is 56.6 Å². The van der Waals surface area contributed by atoms with Crippen molar-refractivity contribution in [2.75, 3.05) is 65.8 Å². The van der Waals surface area contributed by atoms with Crippen LogP contribution in [-0.4, -0.2) is 138 Å². The SMILES string of the molecule is O=C(O)C(F)(F)F.O=C(O)C(F)(F)F.O=S(=O)(c1ccc(CN2CCOCCOCCN(Cc3ccc(S(=O)(=O)C(F)(F)F)cc3)CCOCC2)cc1)C(F)(F)F. The van der Waals surface area contributed by atoms with Crippen molar-refractivity contribution in [3.63, 3.8) is 0 Å². The smallest absolute Gasteiger partial charge is 0.475 e. The molecule has 2 N–H and O–H groups in total. The molecule has 13 nitrogen and oxygen atoms in total. The molecule has 3 rings (SSSR count). The van der Waals surface area contributed by atoms with Crippen LogP contribution in [0, 0.1) is 0 Å². The number of aliphatic carboxylic acids is 2. The Morgan fingerprint density at radius 1 is 0.491 bits per heavy atom. The summed E-state index contributed by atoms with van der Waals surface area (Å²) in [6.45, 7) is 4.35. The zero-order chi connectivity index (χ0) is 43.9. The molecule has 326 valence electrons. The maximum Gasteiger partial charge on any atom is 0.501 e. The number of benzene rings is 2. The summed E-state index contributed by atoms with van der Waals surface area (Å²) in [5.74, 6) is -5.51. The van der Waals surface area contributed by atoms with Gasteiger partial charge >= 0.3 is 35.3 Å². The molecule has 1 aliphatic heterocycles. The van der Waals surface area contributed by atoms with Crippen molar-refractivity contribution < 1.29 is 104 Å². The number of rotatable bonds is 6. The van der Waals surface area contributed by atoms with E-state index in [-0.39, 0.29) is 0 Å². The van der Waals surface area contributed by atoms with Gasteiger partial charge in [-0.25, -0.2) is 26.4 Å². The summed E-state index contributed by atoms with van der Waals surface area (Å²) in [6, 6.07) is 9.00. The Bertz CT molecular complexity index is 1640. The average Bonchev–Trinajstić information content (AvgIpc) is 3.08. The third-order valence-electron chi connectivity index (χ3n) is 6.95. The Morgan fingerprint density at radius 3 is 0.930 bits per heavy atom. The lowest BCUT2D eigenvalue weighted by molar-refractivity contribution is -0.193. The van der Waals surface area contributed by atoms with Gasteiger partial charge in [0.1, 0.15) is 0 Å². The second-order valence-corrected chi connectivity index (χ2v) is 15.1. The molecule has 0 bridgehead atoms. The molecule has 0 aliphatic carbocycles. The number of sulfone groups is 2. The number of nitrogens with zero attached hydrogens (tertiary/aromatic N) is 2. The lowest BCUT2D eigenvalue weighted by Gasteiger charge is -2.24. The first-order valence-electron chi connectivity index (χ1n) is 15.6. The fourth-order valence-electron chi connectivity index (χ4n) is 4.07. The maximum atomic E-state index is 12.8. The van der Waals surface area contributed by atoms with Crippen LogP contribution in [0.5, 0.6) is 0 Å². The third-order valence-corrected chi connectivity index (χ3v) is 9.96. The van der Waals surface area contributed by atoms with E-state index < -0.39 is 64.8 Å². The fraction of sp³-hybridized carbons (Fsp3) is 0.533. The minimum atomic E-state index is -5.44. The summed E-state index contributed by atoms with van der Waals surface area (Å²) in [7, 11) is -10.9. The normalized spacial score (nSPS) is 16.8. The second-order valence-electron chi connectivity index (χ2n) is 11.2. The summed E-state index contributed by atoms with van der Waals surface area (Å²) < 4.78 is 204. The number of hydrogen-bond donors (Lipinski definition) is 2. The largest absolute Gasteiger partial charge is 0.501 e. The van der Waals surface area contributed by atoms with Gasteiger partial charge in [0.05, 0.1) is 49.4 Å². The Kier molecular flexibility index (Phi) is 19.6. The first-order chi connectivity index (χ1) is 26.0. The molecule has 1 saturated heterocycles. The lowest BCUT2D eigenvalue weighted by atomic mass is 10.2. The molecule has 2 aromatic rings. The molecule has 0 radical (unpaired) electrons. The zero-order valence-corrected chi connectivity index (χ0v) is 30.6. The Labute approximate surface area is 316 Å². The number of carboxylic acid groups (broad SMARTS) is 2. The van der Waals surface area contributed by atoms with E-state index in [1.54, 1.807) is 0 Å². The second kappa shape index (κ2) is 21.8. The Morgan fingerprint density at radius 2 is 0.719 bits per heavy atom. The molecular formula is C30H34F12N2O11S2. The molecule has 0 amide bonds. The molecule has 27 heteroatoms. The zero-order valence-electron chi connectivity index (χ0n) is 28.9. The van der Waals surface area contributed by atoms with Crippen LogP contribution in [0.4, 0.5) is 52.7 Å². The monoisotopic (exact) mass is 890 g/mol. The van der Waals surface area contributed by atoms with Gasteiger partial charge in [0.2, 0.25) is 0 Å². The number of carboxylic acids is 2. The van der Waals surface area contributed by atoms with E-state index in [1.807, 2.05) is 9.80 Å². The molecule has 0 unspecified atom stereocenters. The average molecular weight is 891 g/mol. The highest BCUT2D eigenvalue weighted by molar-refractivity contribution is 7.92. The summed E-state index contributed by atoms with van der Waals surface area (Å²) in [5.41, 5.74) is -9.58. The number of carbonyl (C=O) groups is 2. The van der Waals surface area contributed by atoms with Crippen LogP contribution < -0.4 is 0 Å². The standard InChI is InChI=1S/C26H32F6N2O7S2.2C2HF3O2/c27-25(28,29)42(35,36)23-5-1-21(2-6-23)19-33-9-13-39-14-10-34(12-16-41-18-17-40-15-11-33)20-22-3-7-24(8-4-22)43(37,38)26(30,31)32;2*3-2(4,5)1(6)7/h1-8H,9-20H2;2*(H,6,7). The van der Waals surface area contributed by atoms with Crippen molar-refractivity contribution in [2.45, 2.75) is 46.2 Å². The fourth-order valence-corrected chi connectivity index (χ4v) is 5.59. The molecule has 0 spiro atoms. The predicted molar refractivity (Wildman–Crippen MR) is 170 cm³/mol. The molecule has 1 fully saturated rings. The van der Waals surface area contributed by atoms with E-state index in [0.717, 1.165) is 24.3 Å². The topological polar surface area (TPSA) is 177 Å². The van der Waals surface area contributed by atoms with Crippen molar-refractivity contribution in [3.8, 4) is 0 Å². The van der Waals surface area contributed by atoms with Gasteiger partial charge in [0, 0.05) is 39.3 Å². The van der Waals surface area contributed by atoms with Gasteiger partial charge in [-0.15, -0.1) is 0 Å². The number of halogens is 12.